The minimum Gasteiger partial charge on any atom is -0.481 e. The number of aromatic nitrogens is 1. The molecule has 1 atom stereocenters. The van der Waals surface area contributed by atoms with Gasteiger partial charge in [0.1, 0.15) is 5.69 Å². The molecule has 1 rings (SSSR count). The molecule has 0 saturated carbocycles. The van der Waals surface area contributed by atoms with Crippen LogP contribution in [0.15, 0.2) is 18.3 Å². The molecular formula is C13H20N2O3. The molecule has 0 radical (unpaired) electrons. The zero-order valence-electron chi connectivity index (χ0n) is 10.8. The number of carbonyl (C=O) groups is 2. The SMILES string of the molecule is CC(C)C[C@H](CNC(=O)c1ccc[nH]1)CC(=O)O. The zero-order valence-corrected chi connectivity index (χ0v) is 10.8. The number of carboxylic acids is 1. The van der Waals surface area contributed by atoms with Gasteiger partial charge in [0.15, 0.2) is 0 Å². The van der Waals surface area contributed by atoms with Crippen molar-refractivity contribution >= 4 is 11.9 Å². The summed E-state index contributed by atoms with van der Waals surface area (Å²) < 4.78 is 0. The number of rotatable bonds is 7. The highest BCUT2D eigenvalue weighted by molar-refractivity contribution is 5.92. The Hall–Kier alpha value is -1.78. The molecule has 0 aliphatic carbocycles. The van der Waals surface area contributed by atoms with Gasteiger partial charge in [0, 0.05) is 19.2 Å². The molecule has 0 aromatic carbocycles. The largest absolute Gasteiger partial charge is 0.481 e. The third-order valence-corrected chi connectivity index (χ3v) is 2.66. The molecule has 0 aliphatic heterocycles. The van der Waals surface area contributed by atoms with E-state index in [0.717, 1.165) is 6.42 Å². The summed E-state index contributed by atoms with van der Waals surface area (Å²) in [5, 5.41) is 11.6. The molecule has 1 aromatic heterocycles. The Bertz CT molecular complexity index is 385. The van der Waals surface area contributed by atoms with Gasteiger partial charge in [0.25, 0.3) is 5.91 Å². The summed E-state index contributed by atoms with van der Waals surface area (Å²) >= 11 is 0. The van der Waals surface area contributed by atoms with Gasteiger partial charge in [-0.2, -0.15) is 0 Å². The number of H-pyrrole nitrogens is 1. The van der Waals surface area contributed by atoms with Crippen LogP contribution in [0.2, 0.25) is 0 Å². The van der Waals surface area contributed by atoms with Gasteiger partial charge in [-0.15, -0.1) is 0 Å². The second-order valence-corrected chi connectivity index (χ2v) is 4.89. The van der Waals surface area contributed by atoms with Gasteiger partial charge in [-0.1, -0.05) is 13.8 Å². The summed E-state index contributed by atoms with van der Waals surface area (Å²) in [5.74, 6) is -0.632. The Kier molecular flexibility index (Phi) is 5.42. The van der Waals surface area contributed by atoms with E-state index in [1.54, 1.807) is 18.3 Å². The number of hydrogen-bond donors (Lipinski definition) is 3. The van der Waals surface area contributed by atoms with Gasteiger partial charge in [-0.3, -0.25) is 9.59 Å². The van der Waals surface area contributed by atoms with E-state index >= 15 is 0 Å². The summed E-state index contributed by atoms with van der Waals surface area (Å²) in [4.78, 5) is 25.3. The highest BCUT2D eigenvalue weighted by atomic mass is 16.4. The summed E-state index contributed by atoms with van der Waals surface area (Å²) in [7, 11) is 0. The third kappa shape index (κ3) is 5.03. The van der Waals surface area contributed by atoms with Crippen molar-refractivity contribution in [3.05, 3.63) is 24.0 Å². The van der Waals surface area contributed by atoms with E-state index in [0.29, 0.717) is 18.2 Å². The molecule has 1 heterocycles. The fourth-order valence-electron chi connectivity index (χ4n) is 1.96. The standard InChI is InChI=1S/C13H20N2O3/c1-9(2)6-10(7-12(16)17)8-15-13(18)11-4-3-5-14-11/h3-5,9-10,14H,6-8H2,1-2H3,(H,15,18)(H,16,17)/t10-/m0/s1. The number of nitrogens with one attached hydrogen (secondary N) is 2. The Morgan fingerprint density at radius 2 is 2.17 bits per heavy atom. The quantitative estimate of drug-likeness (QED) is 0.693. The maximum Gasteiger partial charge on any atom is 0.303 e. The maximum atomic E-state index is 11.7. The van der Waals surface area contributed by atoms with Gasteiger partial charge < -0.3 is 15.4 Å². The smallest absolute Gasteiger partial charge is 0.303 e. The first-order chi connectivity index (χ1) is 8.49. The lowest BCUT2D eigenvalue weighted by Crippen LogP contribution is -2.31. The first-order valence-corrected chi connectivity index (χ1v) is 6.12. The Morgan fingerprint density at radius 3 is 2.67 bits per heavy atom. The molecule has 3 N–H and O–H groups in total. The van der Waals surface area contributed by atoms with Crippen LogP contribution in [0.1, 0.15) is 37.2 Å². The molecule has 0 fully saturated rings. The number of carboxylic acid groups (broad SMARTS) is 1. The predicted molar refractivity (Wildman–Crippen MR) is 68.3 cm³/mol. The van der Waals surface area contributed by atoms with Crippen LogP contribution in [0.3, 0.4) is 0 Å². The molecular weight excluding hydrogens is 232 g/mol. The minimum atomic E-state index is -0.824. The monoisotopic (exact) mass is 252 g/mol. The highest BCUT2D eigenvalue weighted by Crippen LogP contribution is 2.14. The Labute approximate surface area is 107 Å². The van der Waals surface area contributed by atoms with E-state index in [-0.39, 0.29) is 18.2 Å². The second-order valence-electron chi connectivity index (χ2n) is 4.89. The lowest BCUT2D eigenvalue weighted by Gasteiger charge is -2.17. The van der Waals surface area contributed by atoms with E-state index in [4.69, 9.17) is 5.11 Å². The summed E-state index contributed by atoms with van der Waals surface area (Å²) in [6.45, 7) is 4.48. The predicted octanol–water partition coefficient (Wildman–Crippen LogP) is 1.88. The van der Waals surface area contributed by atoms with Crippen molar-refractivity contribution < 1.29 is 14.7 Å². The van der Waals surface area contributed by atoms with Crippen molar-refractivity contribution in [2.75, 3.05) is 6.54 Å². The van der Waals surface area contributed by atoms with Crippen LogP contribution in [-0.2, 0) is 4.79 Å². The van der Waals surface area contributed by atoms with Crippen LogP contribution in [0.5, 0.6) is 0 Å². The number of amides is 1. The van der Waals surface area contributed by atoms with Crippen molar-refractivity contribution in [1.82, 2.24) is 10.3 Å². The van der Waals surface area contributed by atoms with Gasteiger partial charge in [0.05, 0.1) is 0 Å². The Morgan fingerprint density at radius 1 is 1.44 bits per heavy atom. The molecule has 5 nitrogen and oxygen atoms in total. The van der Waals surface area contributed by atoms with Crippen LogP contribution in [0, 0.1) is 11.8 Å². The highest BCUT2D eigenvalue weighted by Gasteiger charge is 2.16. The molecule has 1 aromatic rings. The topological polar surface area (TPSA) is 82.2 Å². The van der Waals surface area contributed by atoms with E-state index in [1.807, 2.05) is 13.8 Å². The molecule has 5 heteroatoms. The lowest BCUT2D eigenvalue weighted by atomic mass is 9.94. The first kappa shape index (κ1) is 14.3. The van der Waals surface area contributed by atoms with E-state index in [9.17, 15) is 9.59 Å². The fourth-order valence-corrected chi connectivity index (χ4v) is 1.96. The maximum absolute atomic E-state index is 11.7. The summed E-state index contributed by atoms with van der Waals surface area (Å²) in [6, 6.07) is 3.43. The number of hydrogen-bond acceptors (Lipinski definition) is 2. The van der Waals surface area contributed by atoms with Gasteiger partial charge in [-0.25, -0.2) is 0 Å². The normalized spacial score (nSPS) is 12.4. The van der Waals surface area contributed by atoms with Crippen LogP contribution >= 0.6 is 0 Å². The molecule has 0 bridgehead atoms. The number of aromatic amines is 1. The van der Waals surface area contributed by atoms with E-state index in [2.05, 4.69) is 10.3 Å². The van der Waals surface area contributed by atoms with Crippen LogP contribution < -0.4 is 5.32 Å². The number of aliphatic carboxylic acids is 1. The van der Waals surface area contributed by atoms with Gasteiger partial charge >= 0.3 is 5.97 Å². The average Bonchev–Trinajstić information content (AvgIpc) is 2.77. The minimum absolute atomic E-state index is 0.0265. The second kappa shape index (κ2) is 6.83. The van der Waals surface area contributed by atoms with Crippen LogP contribution in [-0.4, -0.2) is 28.5 Å². The molecule has 0 spiro atoms. The molecule has 0 saturated heterocycles. The van der Waals surface area contributed by atoms with Crippen molar-refractivity contribution in [1.29, 1.82) is 0 Å². The average molecular weight is 252 g/mol. The van der Waals surface area contributed by atoms with Crippen molar-refractivity contribution in [3.8, 4) is 0 Å². The van der Waals surface area contributed by atoms with Crippen LogP contribution in [0.25, 0.3) is 0 Å². The van der Waals surface area contributed by atoms with Crippen molar-refractivity contribution in [2.45, 2.75) is 26.7 Å². The number of carbonyl (C=O) groups excluding carboxylic acids is 1. The summed E-state index contributed by atoms with van der Waals surface area (Å²) in [5.41, 5.74) is 0.494. The summed E-state index contributed by atoms with van der Waals surface area (Å²) in [6.07, 6.45) is 2.55. The van der Waals surface area contributed by atoms with Gasteiger partial charge in [0.2, 0.25) is 0 Å². The van der Waals surface area contributed by atoms with Crippen molar-refractivity contribution in [3.63, 3.8) is 0 Å². The van der Waals surface area contributed by atoms with Crippen LogP contribution in [0.4, 0.5) is 0 Å². The third-order valence-electron chi connectivity index (χ3n) is 2.66. The molecule has 0 aliphatic rings. The van der Waals surface area contributed by atoms with E-state index in [1.165, 1.54) is 0 Å². The van der Waals surface area contributed by atoms with E-state index < -0.39 is 5.97 Å². The fraction of sp³-hybridized carbons (Fsp3) is 0.538. The zero-order chi connectivity index (χ0) is 13.5. The molecule has 0 unspecified atom stereocenters. The lowest BCUT2D eigenvalue weighted by molar-refractivity contribution is -0.138. The first-order valence-electron chi connectivity index (χ1n) is 6.12. The Balaban J connectivity index is 2.45. The molecule has 100 valence electrons. The molecule has 18 heavy (non-hydrogen) atoms. The van der Waals surface area contributed by atoms with Gasteiger partial charge in [-0.05, 0) is 30.4 Å². The van der Waals surface area contributed by atoms with Crippen molar-refractivity contribution in [2.24, 2.45) is 11.8 Å². The molecule has 1 amide bonds.